The van der Waals surface area contributed by atoms with Gasteiger partial charge in [0.05, 0.1) is 17.8 Å². The zero-order valence-electron chi connectivity index (χ0n) is 9.44. The van der Waals surface area contributed by atoms with Gasteiger partial charge in [-0.1, -0.05) is 18.3 Å². The summed E-state index contributed by atoms with van der Waals surface area (Å²) in [6.07, 6.45) is 0. The summed E-state index contributed by atoms with van der Waals surface area (Å²) in [4.78, 5) is 12.5. The number of likely N-dealkylation sites (N-methyl/N-ethyl adjacent to an activating group) is 1. The van der Waals surface area contributed by atoms with E-state index >= 15 is 0 Å². The van der Waals surface area contributed by atoms with Crippen LogP contribution in [0.5, 0.6) is 0 Å². The Balaban J connectivity index is 3.23. The SMILES string of the molecule is CCN(CC(N)=O)c1cccc(F)c1C(N)=S. The first-order valence-electron chi connectivity index (χ1n) is 5.09. The van der Waals surface area contributed by atoms with Gasteiger partial charge in [-0.25, -0.2) is 4.39 Å². The molecule has 0 aliphatic carbocycles. The van der Waals surface area contributed by atoms with E-state index in [0.717, 1.165) is 0 Å². The second kappa shape index (κ2) is 5.58. The molecule has 1 aromatic rings. The van der Waals surface area contributed by atoms with Crippen molar-refractivity contribution in [3.05, 3.63) is 29.6 Å². The van der Waals surface area contributed by atoms with E-state index in [2.05, 4.69) is 0 Å². The average molecular weight is 255 g/mol. The summed E-state index contributed by atoms with van der Waals surface area (Å²) >= 11 is 4.81. The Bertz CT molecular complexity index is 450. The Hall–Kier alpha value is -1.69. The molecule has 1 amide bonds. The minimum atomic E-state index is -0.502. The highest BCUT2D eigenvalue weighted by molar-refractivity contribution is 7.80. The molecule has 0 aromatic heterocycles. The summed E-state index contributed by atoms with van der Waals surface area (Å²) in [6.45, 7) is 2.33. The van der Waals surface area contributed by atoms with Gasteiger partial charge in [0, 0.05) is 6.54 Å². The van der Waals surface area contributed by atoms with Crippen LogP contribution in [0, 0.1) is 5.82 Å². The molecule has 0 spiro atoms. The van der Waals surface area contributed by atoms with E-state index < -0.39 is 11.7 Å². The maximum atomic E-state index is 13.6. The first-order valence-corrected chi connectivity index (χ1v) is 5.49. The fraction of sp³-hybridized carbons (Fsp3) is 0.273. The molecule has 0 aliphatic heterocycles. The van der Waals surface area contributed by atoms with E-state index in [0.29, 0.717) is 12.2 Å². The molecule has 92 valence electrons. The second-order valence-electron chi connectivity index (χ2n) is 3.48. The minimum absolute atomic E-state index is 0.00440. The van der Waals surface area contributed by atoms with Crippen LogP contribution < -0.4 is 16.4 Å². The average Bonchev–Trinajstić information content (AvgIpc) is 2.24. The third-order valence-electron chi connectivity index (χ3n) is 2.31. The smallest absolute Gasteiger partial charge is 0.236 e. The molecule has 0 saturated carbocycles. The number of carbonyl (C=O) groups excluding carboxylic acids is 1. The normalized spacial score (nSPS) is 10.0. The summed E-state index contributed by atoms with van der Waals surface area (Å²) in [5.41, 5.74) is 11.2. The lowest BCUT2D eigenvalue weighted by molar-refractivity contribution is -0.116. The van der Waals surface area contributed by atoms with E-state index in [4.69, 9.17) is 23.7 Å². The van der Waals surface area contributed by atoms with Crippen molar-refractivity contribution in [2.75, 3.05) is 18.0 Å². The van der Waals surface area contributed by atoms with Crippen molar-refractivity contribution >= 4 is 28.8 Å². The first-order chi connectivity index (χ1) is 7.97. The van der Waals surface area contributed by atoms with E-state index in [9.17, 15) is 9.18 Å². The number of anilines is 1. The van der Waals surface area contributed by atoms with E-state index in [1.807, 2.05) is 6.92 Å². The van der Waals surface area contributed by atoms with Crippen LogP contribution in [0.25, 0.3) is 0 Å². The Morgan fingerprint density at radius 3 is 2.59 bits per heavy atom. The third kappa shape index (κ3) is 3.13. The first kappa shape index (κ1) is 13.4. The molecule has 17 heavy (non-hydrogen) atoms. The summed E-state index contributed by atoms with van der Waals surface area (Å²) in [5.74, 6) is -0.997. The van der Waals surface area contributed by atoms with Crippen LogP contribution in [0.15, 0.2) is 18.2 Å². The lowest BCUT2D eigenvalue weighted by Crippen LogP contribution is -2.35. The molecule has 1 rings (SSSR count). The largest absolute Gasteiger partial charge is 0.389 e. The number of primary amides is 1. The van der Waals surface area contributed by atoms with Gasteiger partial charge in [-0.15, -0.1) is 0 Å². The van der Waals surface area contributed by atoms with Gasteiger partial charge in [-0.05, 0) is 19.1 Å². The number of thiocarbonyl (C=S) groups is 1. The Morgan fingerprint density at radius 2 is 2.12 bits per heavy atom. The predicted molar refractivity (Wildman–Crippen MR) is 69.4 cm³/mol. The highest BCUT2D eigenvalue weighted by Gasteiger charge is 2.16. The zero-order chi connectivity index (χ0) is 13.0. The Labute approximate surface area is 104 Å². The van der Waals surface area contributed by atoms with Crippen molar-refractivity contribution in [2.45, 2.75) is 6.92 Å². The summed E-state index contributed by atoms with van der Waals surface area (Å²) < 4.78 is 13.6. The standard InChI is InChI=1S/C11H14FN3OS/c1-2-15(6-9(13)16)8-5-3-4-7(12)10(8)11(14)17/h3-5H,2,6H2,1H3,(H2,13,16)(H2,14,17). The number of hydrogen-bond acceptors (Lipinski definition) is 3. The van der Waals surface area contributed by atoms with Gasteiger partial charge in [0.1, 0.15) is 10.8 Å². The maximum Gasteiger partial charge on any atom is 0.236 e. The van der Waals surface area contributed by atoms with Crippen LogP contribution in [0.4, 0.5) is 10.1 Å². The number of halogens is 1. The van der Waals surface area contributed by atoms with Crippen molar-refractivity contribution in [1.29, 1.82) is 0 Å². The number of nitrogens with two attached hydrogens (primary N) is 2. The van der Waals surface area contributed by atoms with Gasteiger partial charge in [0.15, 0.2) is 0 Å². The quantitative estimate of drug-likeness (QED) is 0.762. The van der Waals surface area contributed by atoms with Crippen LogP contribution in [0.2, 0.25) is 0 Å². The van der Waals surface area contributed by atoms with Crippen LogP contribution in [0.3, 0.4) is 0 Å². The molecule has 0 heterocycles. The predicted octanol–water partition coefficient (Wildman–Crippen LogP) is 0.771. The van der Waals surface area contributed by atoms with E-state index in [1.165, 1.54) is 12.1 Å². The summed E-state index contributed by atoms with van der Waals surface area (Å²) in [7, 11) is 0. The molecule has 0 radical (unpaired) electrons. The molecule has 0 aliphatic rings. The van der Waals surface area contributed by atoms with Crippen molar-refractivity contribution in [3.8, 4) is 0 Å². The monoisotopic (exact) mass is 255 g/mol. The second-order valence-corrected chi connectivity index (χ2v) is 3.92. The van der Waals surface area contributed by atoms with Crippen molar-refractivity contribution in [1.82, 2.24) is 0 Å². The lowest BCUT2D eigenvalue weighted by atomic mass is 10.1. The minimum Gasteiger partial charge on any atom is -0.389 e. The molecular formula is C11H14FN3OS. The molecule has 1 aromatic carbocycles. The van der Waals surface area contributed by atoms with E-state index in [-0.39, 0.29) is 17.1 Å². The van der Waals surface area contributed by atoms with Gasteiger partial charge < -0.3 is 16.4 Å². The van der Waals surface area contributed by atoms with Crippen LogP contribution in [-0.4, -0.2) is 24.0 Å². The van der Waals surface area contributed by atoms with Crippen LogP contribution in [-0.2, 0) is 4.79 Å². The summed E-state index contributed by atoms with van der Waals surface area (Å²) in [6, 6.07) is 4.47. The maximum absolute atomic E-state index is 13.6. The molecule has 4 N–H and O–H groups in total. The lowest BCUT2D eigenvalue weighted by Gasteiger charge is -2.24. The topological polar surface area (TPSA) is 72.3 Å². The molecule has 6 heteroatoms. The number of amides is 1. The fourth-order valence-corrected chi connectivity index (χ4v) is 1.78. The van der Waals surface area contributed by atoms with Crippen LogP contribution in [0.1, 0.15) is 12.5 Å². The molecule has 0 fully saturated rings. The van der Waals surface area contributed by atoms with Crippen molar-refractivity contribution in [3.63, 3.8) is 0 Å². The fourth-order valence-electron chi connectivity index (χ4n) is 1.58. The third-order valence-corrected chi connectivity index (χ3v) is 2.51. The highest BCUT2D eigenvalue weighted by Crippen LogP contribution is 2.22. The van der Waals surface area contributed by atoms with Gasteiger partial charge in [0.25, 0.3) is 0 Å². The highest BCUT2D eigenvalue weighted by atomic mass is 32.1. The van der Waals surface area contributed by atoms with E-state index in [1.54, 1.807) is 11.0 Å². The Morgan fingerprint density at radius 1 is 1.47 bits per heavy atom. The Kier molecular flexibility index (Phi) is 4.39. The van der Waals surface area contributed by atoms with Gasteiger partial charge >= 0.3 is 0 Å². The van der Waals surface area contributed by atoms with Gasteiger partial charge in [0.2, 0.25) is 5.91 Å². The van der Waals surface area contributed by atoms with Gasteiger partial charge in [-0.2, -0.15) is 0 Å². The zero-order valence-corrected chi connectivity index (χ0v) is 10.3. The van der Waals surface area contributed by atoms with Crippen molar-refractivity contribution in [2.24, 2.45) is 11.5 Å². The molecule has 4 nitrogen and oxygen atoms in total. The number of carbonyl (C=O) groups is 1. The number of nitrogens with zero attached hydrogens (tertiary/aromatic N) is 1. The van der Waals surface area contributed by atoms with Crippen molar-refractivity contribution < 1.29 is 9.18 Å². The molecule has 0 atom stereocenters. The van der Waals surface area contributed by atoms with Gasteiger partial charge in [-0.3, -0.25) is 4.79 Å². The van der Waals surface area contributed by atoms with Crippen LogP contribution >= 0.6 is 12.2 Å². The molecule has 0 bridgehead atoms. The number of hydrogen-bond donors (Lipinski definition) is 2. The number of rotatable bonds is 5. The molecule has 0 saturated heterocycles. The molecular weight excluding hydrogens is 241 g/mol. The molecule has 0 unspecified atom stereocenters. The number of benzene rings is 1. The summed E-state index contributed by atoms with van der Waals surface area (Å²) in [5, 5.41) is 0.